The molecule has 0 aliphatic carbocycles. The third kappa shape index (κ3) is 2.81. The van der Waals surface area contributed by atoms with Gasteiger partial charge in [0.05, 0.1) is 10.7 Å². The van der Waals surface area contributed by atoms with E-state index in [1.54, 1.807) is 0 Å². The standard InChI is InChI=1S/C15H23ClN2/c1-4-17-14-8-9-18(10-12(14)3)15-11(2)6-5-7-13(15)16/h5-7,12,14,17H,4,8-10H2,1-3H3. The zero-order valence-electron chi connectivity index (χ0n) is 11.5. The molecular formula is C15H23ClN2. The first-order chi connectivity index (χ1) is 8.63. The Labute approximate surface area is 115 Å². The predicted octanol–water partition coefficient (Wildman–Crippen LogP) is 3.47. The van der Waals surface area contributed by atoms with E-state index in [4.69, 9.17) is 11.6 Å². The number of para-hydroxylation sites is 1. The zero-order chi connectivity index (χ0) is 13.1. The minimum Gasteiger partial charge on any atom is -0.370 e. The lowest BCUT2D eigenvalue weighted by atomic mass is 9.93. The number of benzene rings is 1. The quantitative estimate of drug-likeness (QED) is 0.901. The van der Waals surface area contributed by atoms with Gasteiger partial charge in [-0.3, -0.25) is 0 Å². The summed E-state index contributed by atoms with van der Waals surface area (Å²) >= 11 is 6.35. The third-order valence-electron chi connectivity index (χ3n) is 3.88. The lowest BCUT2D eigenvalue weighted by Gasteiger charge is -2.39. The SMILES string of the molecule is CCNC1CCN(c2c(C)cccc2Cl)CC1C. The highest BCUT2D eigenvalue weighted by Crippen LogP contribution is 2.32. The van der Waals surface area contributed by atoms with E-state index in [1.165, 1.54) is 17.7 Å². The van der Waals surface area contributed by atoms with E-state index in [2.05, 4.69) is 37.1 Å². The molecule has 2 atom stereocenters. The Morgan fingerprint density at radius 1 is 1.44 bits per heavy atom. The number of nitrogens with one attached hydrogen (secondary N) is 1. The van der Waals surface area contributed by atoms with Crippen LogP contribution < -0.4 is 10.2 Å². The molecule has 1 saturated heterocycles. The van der Waals surface area contributed by atoms with Crippen LogP contribution in [0.3, 0.4) is 0 Å². The van der Waals surface area contributed by atoms with Gasteiger partial charge in [-0.05, 0) is 37.4 Å². The van der Waals surface area contributed by atoms with Gasteiger partial charge in [0.2, 0.25) is 0 Å². The van der Waals surface area contributed by atoms with Gasteiger partial charge in [-0.2, -0.15) is 0 Å². The van der Waals surface area contributed by atoms with Crippen LogP contribution in [0.1, 0.15) is 25.8 Å². The topological polar surface area (TPSA) is 15.3 Å². The maximum absolute atomic E-state index is 6.35. The van der Waals surface area contributed by atoms with Crippen molar-refractivity contribution in [1.29, 1.82) is 0 Å². The second-order valence-electron chi connectivity index (χ2n) is 5.28. The summed E-state index contributed by atoms with van der Waals surface area (Å²) in [6.45, 7) is 9.88. The summed E-state index contributed by atoms with van der Waals surface area (Å²) in [6.07, 6.45) is 1.19. The van der Waals surface area contributed by atoms with Gasteiger partial charge in [0.25, 0.3) is 0 Å². The van der Waals surface area contributed by atoms with Gasteiger partial charge in [-0.1, -0.05) is 37.6 Å². The van der Waals surface area contributed by atoms with E-state index in [9.17, 15) is 0 Å². The fourth-order valence-electron chi connectivity index (χ4n) is 2.94. The summed E-state index contributed by atoms with van der Waals surface area (Å²) in [5.41, 5.74) is 2.50. The number of hydrogen-bond acceptors (Lipinski definition) is 2. The number of piperidine rings is 1. The van der Waals surface area contributed by atoms with E-state index in [0.717, 1.165) is 24.7 Å². The Hall–Kier alpha value is -0.730. The molecule has 1 aromatic rings. The number of aryl methyl sites for hydroxylation is 1. The minimum atomic E-state index is 0.647. The lowest BCUT2D eigenvalue weighted by Crippen LogP contribution is -2.48. The summed E-state index contributed by atoms with van der Waals surface area (Å²) in [5, 5.41) is 4.45. The van der Waals surface area contributed by atoms with Gasteiger partial charge in [-0.15, -0.1) is 0 Å². The molecule has 3 heteroatoms. The Balaban J connectivity index is 2.13. The highest BCUT2D eigenvalue weighted by atomic mass is 35.5. The Kier molecular flexibility index (Phi) is 4.52. The molecule has 1 fully saturated rings. The number of hydrogen-bond donors (Lipinski definition) is 1. The molecule has 2 rings (SSSR count). The molecule has 2 unspecified atom stereocenters. The van der Waals surface area contributed by atoms with Crippen molar-refractivity contribution in [1.82, 2.24) is 5.32 Å². The first-order valence-electron chi connectivity index (χ1n) is 6.87. The molecular weight excluding hydrogens is 244 g/mol. The average Bonchev–Trinajstić information content (AvgIpc) is 2.32. The first-order valence-corrected chi connectivity index (χ1v) is 7.24. The maximum atomic E-state index is 6.35. The summed E-state index contributed by atoms with van der Waals surface area (Å²) in [6, 6.07) is 6.80. The van der Waals surface area contributed by atoms with Gasteiger partial charge in [0.1, 0.15) is 0 Å². The Bertz CT molecular complexity index is 385. The fraction of sp³-hybridized carbons (Fsp3) is 0.600. The van der Waals surface area contributed by atoms with Crippen molar-refractivity contribution >= 4 is 17.3 Å². The van der Waals surface area contributed by atoms with Gasteiger partial charge in [-0.25, -0.2) is 0 Å². The van der Waals surface area contributed by atoms with Crippen molar-refractivity contribution < 1.29 is 0 Å². The highest BCUT2D eigenvalue weighted by Gasteiger charge is 2.26. The Morgan fingerprint density at radius 3 is 2.83 bits per heavy atom. The number of nitrogens with zero attached hydrogens (tertiary/aromatic N) is 1. The smallest absolute Gasteiger partial charge is 0.0642 e. The monoisotopic (exact) mass is 266 g/mol. The number of rotatable bonds is 3. The van der Waals surface area contributed by atoms with Crippen molar-refractivity contribution in [3.05, 3.63) is 28.8 Å². The van der Waals surface area contributed by atoms with E-state index >= 15 is 0 Å². The Morgan fingerprint density at radius 2 is 2.22 bits per heavy atom. The minimum absolute atomic E-state index is 0.647. The second-order valence-corrected chi connectivity index (χ2v) is 5.69. The van der Waals surface area contributed by atoms with Crippen LogP contribution in [0.5, 0.6) is 0 Å². The number of halogens is 1. The molecule has 0 aromatic heterocycles. The van der Waals surface area contributed by atoms with Crippen LogP contribution in [0, 0.1) is 12.8 Å². The highest BCUT2D eigenvalue weighted by molar-refractivity contribution is 6.33. The lowest BCUT2D eigenvalue weighted by molar-refractivity contribution is 0.326. The summed E-state index contributed by atoms with van der Waals surface area (Å²) in [4.78, 5) is 2.44. The van der Waals surface area contributed by atoms with Crippen LogP contribution in [0.25, 0.3) is 0 Å². The van der Waals surface area contributed by atoms with Crippen LogP contribution in [0.15, 0.2) is 18.2 Å². The molecule has 1 aliphatic rings. The molecule has 1 heterocycles. The largest absolute Gasteiger partial charge is 0.370 e. The molecule has 100 valence electrons. The summed E-state index contributed by atoms with van der Waals surface area (Å²) in [5.74, 6) is 0.661. The van der Waals surface area contributed by atoms with Gasteiger partial charge in [0, 0.05) is 19.1 Å². The van der Waals surface area contributed by atoms with Crippen molar-refractivity contribution in [2.75, 3.05) is 24.5 Å². The fourth-order valence-corrected chi connectivity index (χ4v) is 3.28. The van der Waals surface area contributed by atoms with Crippen molar-refractivity contribution in [2.24, 2.45) is 5.92 Å². The normalized spacial score (nSPS) is 24.3. The average molecular weight is 267 g/mol. The molecule has 1 aromatic carbocycles. The van der Waals surface area contributed by atoms with Crippen LogP contribution in [0.4, 0.5) is 5.69 Å². The molecule has 1 N–H and O–H groups in total. The molecule has 0 radical (unpaired) electrons. The van der Waals surface area contributed by atoms with Gasteiger partial charge < -0.3 is 10.2 Å². The number of anilines is 1. The molecule has 1 aliphatic heterocycles. The van der Waals surface area contributed by atoms with Gasteiger partial charge >= 0.3 is 0 Å². The van der Waals surface area contributed by atoms with Crippen molar-refractivity contribution in [3.63, 3.8) is 0 Å². The molecule has 0 spiro atoms. The zero-order valence-corrected chi connectivity index (χ0v) is 12.3. The van der Waals surface area contributed by atoms with Crippen molar-refractivity contribution in [3.8, 4) is 0 Å². The second kappa shape index (κ2) is 5.94. The van der Waals surface area contributed by atoms with E-state index < -0.39 is 0 Å². The molecule has 0 amide bonds. The van der Waals surface area contributed by atoms with Gasteiger partial charge in [0.15, 0.2) is 0 Å². The van der Waals surface area contributed by atoms with Crippen LogP contribution in [-0.4, -0.2) is 25.7 Å². The van der Waals surface area contributed by atoms with E-state index in [0.29, 0.717) is 12.0 Å². The van der Waals surface area contributed by atoms with E-state index in [-0.39, 0.29) is 0 Å². The predicted molar refractivity (Wildman–Crippen MR) is 79.6 cm³/mol. The molecule has 18 heavy (non-hydrogen) atoms. The van der Waals surface area contributed by atoms with E-state index in [1.807, 2.05) is 12.1 Å². The summed E-state index contributed by atoms with van der Waals surface area (Å²) in [7, 11) is 0. The molecule has 0 bridgehead atoms. The van der Waals surface area contributed by atoms with Crippen LogP contribution in [0.2, 0.25) is 5.02 Å². The molecule has 2 nitrogen and oxygen atoms in total. The summed E-state index contributed by atoms with van der Waals surface area (Å²) < 4.78 is 0. The third-order valence-corrected chi connectivity index (χ3v) is 4.18. The van der Waals surface area contributed by atoms with Crippen LogP contribution in [-0.2, 0) is 0 Å². The maximum Gasteiger partial charge on any atom is 0.0642 e. The van der Waals surface area contributed by atoms with Crippen LogP contribution >= 0.6 is 11.6 Å². The first kappa shape index (κ1) is 13.7. The van der Waals surface area contributed by atoms with Crippen molar-refractivity contribution in [2.45, 2.75) is 33.2 Å². The molecule has 0 saturated carbocycles.